The van der Waals surface area contributed by atoms with E-state index in [1.165, 1.54) is 0 Å². The normalized spacial score (nSPS) is 13.0. The lowest BCUT2D eigenvalue weighted by atomic mass is 10.0. The van der Waals surface area contributed by atoms with Crippen LogP contribution in [0.2, 0.25) is 0 Å². The van der Waals surface area contributed by atoms with Crippen molar-refractivity contribution in [1.82, 2.24) is 10.3 Å². The molecule has 0 aliphatic carbocycles. The predicted molar refractivity (Wildman–Crippen MR) is 132 cm³/mol. The Morgan fingerprint density at radius 3 is 2.50 bits per heavy atom. The van der Waals surface area contributed by atoms with Gasteiger partial charge in [-0.2, -0.15) is 0 Å². The number of carbonyl (C=O) groups is 3. The van der Waals surface area contributed by atoms with E-state index in [-0.39, 0.29) is 18.7 Å². The molecule has 4 N–H and O–H groups in total. The summed E-state index contributed by atoms with van der Waals surface area (Å²) >= 11 is 0. The molecule has 1 amide bonds. The number of aromatic nitrogens is 1. The largest absolute Gasteiger partial charge is 0.465 e. The number of amides is 1. The highest BCUT2D eigenvalue weighted by atomic mass is 16.5. The van der Waals surface area contributed by atoms with Crippen LogP contribution >= 0.6 is 0 Å². The third-order valence-electron chi connectivity index (χ3n) is 5.64. The number of hydrogen-bond donors (Lipinski definition) is 3. The van der Waals surface area contributed by atoms with Gasteiger partial charge >= 0.3 is 11.9 Å². The lowest BCUT2D eigenvalue weighted by Gasteiger charge is -2.18. The van der Waals surface area contributed by atoms with Crippen molar-refractivity contribution in [1.29, 1.82) is 0 Å². The fourth-order valence-corrected chi connectivity index (χ4v) is 3.51. The quantitative estimate of drug-likeness (QED) is 0.268. The van der Waals surface area contributed by atoms with Crippen LogP contribution in [-0.2, 0) is 30.3 Å². The number of unbranched alkanes of at least 4 members (excludes halogenated alkanes) is 2. The van der Waals surface area contributed by atoms with Crippen LogP contribution in [0.4, 0.5) is 0 Å². The minimum absolute atomic E-state index is 0.00788. The first-order chi connectivity index (χ1) is 16.3. The highest BCUT2D eigenvalue weighted by molar-refractivity contribution is 5.87. The Morgan fingerprint density at radius 2 is 1.76 bits per heavy atom. The van der Waals surface area contributed by atoms with Crippen LogP contribution in [0.1, 0.15) is 64.9 Å². The number of carbonyl (C=O) groups excluding carboxylic acids is 3. The van der Waals surface area contributed by atoms with Gasteiger partial charge in [0.2, 0.25) is 5.91 Å². The van der Waals surface area contributed by atoms with Crippen LogP contribution < -0.4 is 11.1 Å². The minimum atomic E-state index is -0.883. The van der Waals surface area contributed by atoms with E-state index < -0.39 is 24.0 Å². The van der Waals surface area contributed by atoms with Crippen LogP contribution in [0.3, 0.4) is 0 Å². The first-order valence-electron chi connectivity index (χ1n) is 12.2. The number of rotatable bonds is 15. The number of nitrogens with one attached hydrogen (secondary N) is 2. The zero-order chi connectivity index (χ0) is 24.9. The molecule has 0 aliphatic heterocycles. The zero-order valence-corrected chi connectivity index (χ0v) is 20.6. The maximum absolute atomic E-state index is 12.8. The summed E-state index contributed by atoms with van der Waals surface area (Å²) in [6.07, 6.45) is 5.82. The number of nitrogens with two attached hydrogens (primary N) is 1. The minimum Gasteiger partial charge on any atom is -0.465 e. The molecule has 188 valence electrons. The van der Waals surface area contributed by atoms with Crippen molar-refractivity contribution in [3.8, 4) is 0 Å². The Kier molecular flexibility index (Phi) is 11.6. The average Bonchev–Trinajstić information content (AvgIpc) is 3.22. The summed E-state index contributed by atoms with van der Waals surface area (Å²) in [7, 11) is 0. The van der Waals surface area contributed by atoms with Crippen molar-refractivity contribution in [3.63, 3.8) is 0 Å². The van der Waals surface area contributed by atoms with Crippen LogP contribution in [0.15, 0.2) is 30.5 Å². The van der Waals surface area contributed by atoms with E-state index in [1.807, 2.05) is 44.3 Å². The molecule has 0 bridgehead atoms. The Morgan fingerprint density at radius 1 is 1.03 bits per heavy atom. The van der Waals surface area contributed by atoms with E-state index in [1.54, 1.807) is 0 Å². The maximum atomic E-state index is 12.8. The summed E-state index contributed by atoms with van der Waals surface area (Å²) in [4.78, 5) is 40.6. The van der Waals surface area contributed by atoms with Gasteiger partial charge in [-0.05, 0) is 36.8 Å². The molecule has 8 nitrogen and oxygen atoms in total. The molecule has 0 saturated heterocycles. The molecule has 2 rings (SSSR count). The fourth-order valence-electron chi connectivity index (χ4n) is 3.51. The van der Waals surface area contributed by atoms with Crippen molar-refractivity contribution in [2.75, 3.05) is 13.2 Å². The van der Waals surface area contributed by atoms with E-state index in [0.29, 0.717) is 25.6 Å². The summed E-state index contributed by atoms with van der Waals surface area (Å²) in [6, 6.07) is 6.07. The van der Waals surface area contributed by atoms with Crippen LogP contribution in [0, 0.1) is 5.92 Å². The smallest absolute Gasteiger partial charge is 0.328 e. The monoisotopic (exact) mass is 473 g/mol. The third kappa shape index (κ3) is 9.17. The molecule has 0 radical (unpaired) electrons. The van der Waals surface area contributed by atoms with Crippen molar-refractivity contribution in [2.24, 2.45) is 11.7 Å². The molecule has 1 heterocycles. The van der Waals surface area contributed by atoms with Gasteiger partial charge in [-0.15, -0.1) is 0 Å². The van der Waals surface area contributed by atoms with Gasteiger partial charge in [-0.3, -0.25) is 9.59 Å². The lowest BCUT2D eigenvalue weighted by Crippen LogP contribution is -2.44. The van der Waals surface area contributed by atoms with Gasteiger partial charge in [0.1, 0.15) is 12.1 Å². The first-order valence-corrected chi connectivity index (χ1v) is 12.2. The molecular weight excluding hydrogens is 434 g/mol. The van der Waals surface area contributed by atoms with Gasteiger partial charge in [0.15, 0.2) is 0 Å². The topological polar surface area (TPSA) is 124 Å². The Bertz CT molecular complexity index is 924. The van der Waals surface area contributed by atoms with Crippen molar-refractivity contribution in [2.45, 2.75) is 77.8 Å². The van der Waals surface area contributed by atoms with Crippen LogP contribution in [0.25, 0.3) is 10.9 Å². The second kappa shape index (κ2) is 14.4. The van der Waals surface area contributed by atoms with E-state index in [0.717, 1.165) is 42.1 Å². The number of ether oxygens (including phenoxy) is 2. The molecule has 0 saturated carbocycles. The zero-order valence-electron chi connectivity index (χ0n) is 20.6. The van der Waals surface area contributed by atoms with Crippen LogP contribution in [-0.4, -0.2) is 48.1 Å². The summed E-state index contributed by atoms with van der Waals surface area (Å²) in [5.41, 5.74) is 7.76. The Hall–Kier alpha value is -2.87. The second-order valence-electron chi connectivity index (χ2n) is 9.05. The highest BCUT2D eigenvalue weighted by Crippen LogP contribution is 2.19. The second-order valence-corrected chi connectivity index (χ2v) is 9.05. The number of benzene rings is 1. The molecule has 1 aromatic heterocycles. The molecular formula is C26H39N3O5. The van der Waals surface area contributed by atoms with Gasteiger partial charge in [-0.1, -0.05) is 51.8 Å². The standard InChI is InChI=1S/C26H39N3O5/c1-4-5-8-14-33-26(32)23(16-19-17-28-22-10-7-6-9-20(19)22)29-24(30)12-11-21(27)25(31)34-15-13-18(2)3/h6-7,9-10,17-18,21,23,28H,4-5,8,11-16,27H2,1-3H3,(H,29,30). The third-order valence-corrected chi connectivity index (χ3v) is 5.64. The fraction of sp³-hybridized carbons (Fsp3) is 0.577. The van der Waals surface area contributed by atoms with Crippen molar-refractivity contribution < 1.29 is 23.9 Å². The Labute approximate surface area is 201 Å². The summed E-state index contributed by atoms with van der Waals surface area (Å²) in [5, 5.41) is 3.77. The van der Waals surface area contributed by atoms with Crippen LogP contribution in [0.5, 0.6) is 0 Å². The molecule has 0 fully saturated rings. The van der Waals surface area contributed by atoms with E-state index in [9.17, 15) is 14.4 Å². The summed E-state index contributed by atoms with van der Waals surface area (Å²) in [5.74, 6) is -0.919. The predicted octanol–water partition coefficient (Wildman–Crippen LogP) is 3.63. The van der Waals surface area contributed by atoms with E-state index in [2.05, 4.69) is 17.2 Å². The number of hydrogen-bond acceptors (Lipinski definition) is 6. The lowest BCUT2D eigenvalue weighted by molar-refractivity contribution is -0.148. The van der Waals surface area contributed by atoms with E-state index in [4.69, 9.17) is 15.2 Å². The summed E-state index contributed by atoms with van der Waals surface area (Å²) < 4.78 is 10.6. The number of esters is 2. The molecule has 34 heavy (non-hydrogen) atoms. The van der Waals surface area contributed by atoms with Gasteiger partial charge < -0.3 is 25.5 Å². The number of aromatic amines is 1. The molecule has 0 aliphatic rings. The number of fused-ring (bicyclic) bond motifs is 1. The first kappa shape index (κ1) is 27.4. The average molecular weight is 474 g/mol. The van der Waals surface area contributed by atoms with Gasteiger partial charge in [0, 0.05) is 29.9 Å². The SMILES string of the molecule is CCCCCOC(=O)C(Cc1c[nH]c2ccccc12)NC(=O)CCC(N)C(=O)OCCC(C)C. The van der Waals surface area contributed by atoms with Crippen molar-refractivity contribution >= 4 is 28.7 Å². The van der Waals surface area contributed by atoms with Gasteiger partial charge in [0.25, 0.3) is 0 Å². The molecule has 0 spiro atoms. The van der Waals surface area contributed by atoms with Crippen molar-refractivity contribution in [3.05, 3.63) is 36.0 Å². The van der Waals surface area contributed by atoms with Gasteiger partial charge in [0.05, 0.1) is 13.2 Å². The number of H-pyrrole nitrogens is 1. The number of para-hydroxylation sites is 1. The van der Waals surface area contributed by atoms with Gasteiger partial charge in [-0.25, -0.2) is 4.79 Å². The molecule has 8 heteroatoms. The molecule has 2 aromatic rings. The molecule has 1 aromatic carbocycles. The Balaban J connectivity index is 1.95. The molecule has 2 atom stereocenters. The maximum Gasteiger partial charge on any atom is 0.328 e. The summed E-state index contributed by atoms with van der Waals surface area (Å²) in [6.45, 7) is 6.79. The molecule has 2 unspecified atom stereocenters. The highest BCUT2D eigenvalue weighted by Gasteiger charge is 2.25. The van der Waals surface area contributed by atoms with E-state index >= 15 is 0 Å².